The number of oxime groups is 1. The van der Waals surface area contributed by atoms with Gasteiger partial charge in [0, 0.05) is 67.0 Å². The summed E-state index contributed by atoms with van der Waals surface area (Å²) in [4.78, 5) is 60.4. The number of likely N-dealkylation sites (tertiary alicyclic amines) is 1. The van der Waals surface area contributed by atoms with Crippen molar-refractivity contribution in [2.75, 3.05) is 44.2 Å². The highest BCUT2D eigenvalue weighted by molar-refractivity contribution is 6.23. The SMILES string of the molecule is O=C1CCC(N2C(=O)c3ccc(N4CC(C5CCN(CCOc6ccc(-n7cc(-c8ccc9c(c8)CC/C9=N\O)c(-c8ccncc8)n7)cc6)CC5)C4)cc3C2=O)C(=O)N1. The zero-order chi connectivity index (χ0) is 40.9. The van der Waals surface area contributed by atoms with E-state index in [9.17, 15) is 24.4 Å². The van der Waals surface area contributed by atoms with Crippen molar-refractivity contribution in [3.8, 4) is 33.8 Å². The number of fused-ring (bicyclic) bond motifs is 2. The van der Waals surface area contributed by atoms with Crippen LogP contribution in [0.25, 0.3) is 28.1 Å². The second-order valence-electron chi connectivity index (χ2n) is 16.4. The highest BCUT2D eigenvalue weighted by atomic mass is 16.5. The molecule has 304 valence electrons. The van der Waals surface area contributed by atoms with E-state index in [1.165, 1.54) is 5.56 Å². The topological polar surface area (TPSA) is 163 Å². The number of piperidine rings is 2. The molecule has 1 aliphatic carbocycles. The van der Waals surface area contributed by atoms with Crippen LogP contribution < -0.4 is 15.0 Å². The van der Waals surface area contributed by atoms with Crippen molar-refractivity contribution in [2.24, 2.45) is 17.0 Å². The van der Waals surface area contributed by atoms with Gasteiger partial charge in [-0.3, -0.25) is 39.3 Å². The Morgan fingerprint density at radius 3 is 2.27 bits per heavy atom. The van der Waals surface area contributed by atoms with Gasteiger partial charge in [-0.1, -0.05) is 23.4 Å². The molecule has 3 saturated heterocycles. The van der Waals surface area contributed by atoms with Gasteiger partial charge in [-0.05, 0) is 123 Å². The van der Waals surface area contributed by atoms with Crippen LogP contribution in [0.4, 0.5) is 5.69 Å². The van der Waals surface area contributed by atoms with Gasteiger partial charge in [0.15, 0.2) is 0 Å². The summed E-state index contributed by atoms with van der Waals surface area (Å²) in [7, 11) is 0. The van der Waals surface area contributed by atoms with E-state index < -0.39 is 23.8 Å². The first-order valence-electron chi connectivity index (χ1n) is 20.7. The molecule has 2 N–H and O–H groups in total. The lowest BCUT2D eigenvalue weighted by molar-refractivity contribution is -0.136. The van der Waals surface area contributed by atoms with Crippen molar-refractivity contribution in [1.82, 2.24) is 29.9 Å². The zero-order valence-electron chi connectivity index (χ0n) is 33.0. The zero-order valence-corrected chi connectivity index (χ0v) is 33.0. The molecule has 3 fully saturated rings. The fourth-order valence-electron chi connectivity index (χ4n) is 9.49. The van der Waals surface area contributed by atoms with Crippen LogP contribution in [0.15, 0.2) is 96.5 Å². The molecule has 14 nitrogen and oxygen atoms in total. The number of aryl methyl sites for hydroxylation is 1. The van der Waals surface area contributed by atoms with Crippen molar-refractivity contribution in [3.05, 3.63) is 114 Å². The van der Waals surface area contributed by atoms with Gasteiger partial charge in [-0.25, -0.2) is 4.68 Å². The molecule has 1 atom stereocenters. The lowest BCUT2D eigenvalue weighted by Gasteiger charge is -2.47. The van der Waals surface area contributed by atoms with E-state index >= 15 is 0 Å². The molecule has 14 heteroatoms. The molecule has 5 aliphatic rings. The van der Waals surface area contributed by atoms with Crippen LogP contribution in [0.2, 0.25) is 0 Å². The van der Waals surface area contributed by atoms with Gasteiger partial charge >= 0.3 is 0 Å². The number of rotatable bonds is 10. The third-order valence-electron chi connectivity index (χ3n) is 12.9. The average Bonchev–Trinajstić information content (AvgIpc) is 3.95. The van der Waals surface area contributed by atoms with E-state index in [2.05, 4.69) is 43.6 Å². The van der Waals surface area contributed by atoms with E-state index in [4.69, 9.17) is 9.84 Å². The Kier molecular flexibility index (Phi) is 9.71. The number of nitrogens with zero attached hydrogens (tertiary/aromatic N) is 7. The average molecular weight is 805 g/mol. The minimum atomic E-state index is -0.964. The van der Waals surface area contributed by atoms with Crippen molar-refractivity contribution in [1.29, 1.82) is 0 Å². The van der Waals surface area contributed by atoms with E-state index in [0.717, 1.165) is 114 Å². The largest absolute Gasteiger partial charge is 0.492 e. The number of hydrogen-bond donors (Lipinski definition) is 2. The summed E-state index contributed by atoms with van der Waals surface area (Å²) >= 11 is 0. The lowest BCUT2D eigenvalue weighted by Crippen LogP contribution is -2.54. The summed E-state index contributed by atoms with van der Waals surface area (Å²) < 4.78 is 8.10. The summed E-state index contributed by atoms with van der Waals surface area (Å²) in [6, 6.07) is 22.6. The second kappa shape index (κ2) is 15.5. The van der Waals surface area contributed by atoms with Gasteiger partial charge in [-0.2, -0.15) is 5.10 Å². The summed E-state index contributed by atoms with van der Waals surface area (Å²) in [6.45, 7) is 5.31. The quantitative estimate of drug-likeness (QED) is 0.107. The van der Waals surface area contributed by atoms with Gasteiger partial charge in [0.2, 0.25) is 11.8 Å². The first kappa shape index (κ1) is 37.6. The maximum absolute atomic E-state index is 13.3. The van der Waals surface area contributed by atoms with Gasteiger partial charge < -0.3 is 14.8 Å². The summed E-state index contributed by atoms with van der Waals surface area (Å²) in [6.07, 6.45) is 9.68. The number of imide groups is 2. The number of anilines is 1. The van der Waals surface area contributed by atoms with E-state index in [0.29, 0.717) is 29.6 Å². The molecule has 0 bridgehead atoms. The van der Waals surface area contributed by atoms with Gasteiger partial charge in [0.05, 0.1) is 22.5 Å². The monoisotopic (exact) mass is 804 g/mol. The van der Waals surface area contributed by atoms with Crippen LogP contribution >= 0.6 is 0 Å². The molecule has 6 heterocycles. The minimum Gasteiger partial charge on any atom is -0.492 e. The smallest absolute Gasteiger partial charge is 0.262 e. The predicted octanol–water partition coefficient (Wildman–Crippen LogP) is 5.35. The number of pyridine rings is 1. The molecule has 3 aromatic carbocycles. The van der Waals surface area contributed by atoms with Gasteiger partial charge in [-0.15, -0.1) is 0 Å². The maximum Gasteiger partial charge on any atom is 0.262 e. The molecule has 0 saturated carbocycles. The summed E-state index contributed by atoms with van der Waals surface area (Å²) in [5.41, 5.74) is 9.26. The van der Waals surface area contributed by atoms with Crippen LogP contribution in [0.1, 0.15) is 63.9 Å². The Hall–Kier alpha value is -6.67. The van der Waals surface area contributed by atoms with E-state index in [1.807, 2.05) is 53.2 Å². The highest BCUT2D eigenvalue weighted by Gasteiger charge is 2.45. The molecule has 0 radical (unpaired) electrons. The molecule has 4 amide bonds. The first-order valence-corrected chi connectivity index (χ1v) is 20.7. The Labute approximate surface area is 346 Å². The van der Waals surface area contributed by atoms with Crippen LogP contribution in [0.3, 0.4) is 0 Å². The number of amides is 4. The van der Waals surface area contributed by atoms with Crippen molar-refractivity contribution in [3.63, 3.8) is 0 Å². The Balaban J connectivity index is 0.708. The normalized spacial score (nSPS) is 20.4. The fourth-order valence-corrected chi connectivity index (χ4v) is 9.49. The molecule has 1 unspecified atom stereocenters. The molecule has 4 aliphatic heterocycles. The Morgan fingerprint density at radius 2 is 1.50 bits per heavy atom. The van der Waals surface area contributed by atoms with Crippen LogP contribution in [0, 0.1) is 11.8 Å². The van der Waals surface area contributed by atoms with Crippen LogP contribution in [0.5, 0.6) is 5.75 Å². The van der Waals surface area contributed by atoms with Crippen molar-refractivity contribution < 1.29 is 29.1 Å². The molecule has 60 heavy (non-hydrogen) atoms. The second-order valence-corrected chi connectivity index (χ2v) is 16.4. The summed E-state index contributed by atoms with van der Waals surface area (Å²) in [5.74, 6) is 0.0713. The molecule has 10 rings (SSSR count). The number of benzene rings is 3. The highest BCUT2D eigenvalue weighted by Crippen LogP contribution is 2.38. The predicted molar refractivity (Wildman–Crippen MR) is 222 cm³/mol. The molecule has 5 aromatic rings. The van der Waals surface area contributed by atoms with Crippen LogP contribution in [-0.2, 0) is 16.0 Å². The Bertz CT molecular complexity index is 2540. The molecular weight excluding hydrogens is 761 g/mol. The van der Waals surface area contributed by atoms with E-state index in [-0.39, 0.29) is 18.7 Å². The number of nitrogens with one attached hydrogen (secondary N) is 1. The molecule has 0 spiro atoms. The van der Waals surface area contributed by atoms with Crippen molar-refractivity contribution >= 4 is 35.0 Å². The maximum atomic E-state index is 13.3. The van der Waals surface area contributed by atoms with Crippen LogP contribution in [-0.4, -0.2) is 104 Å². The number of carbonyl (C=O) groups excluding carboxylic acids is 4. The van der Waals surface area contributed by atoms with E-state index in [1.54, 1.807) is 24.5 Å². The molecular formula is C46H44N8O6. The Morgan fingerprint density at radius 1 is 0.750 bits per heavy atom. The summed E-state index contributed by atoms with van der Waals surface area (Å²) in [5, 5.41) is 20.2. The number of hydrogen-bond acceptors (Lipinski definition) is 11. The molecule has 2 aromatic heterocycles. The van der Waals surface area contributed by atoms with Gasteiger partial charge in [0.25, 0.3) is 11.8 Å². The third-order valence-corrected chi connectivity index (χ3v) is 12.9. The number of ether oxygens (including phenoxy) is 1. The third kappa shape index (κ3) is 6.89. The minimum absolute atomic E-state index is 0.0979. The number of aromatic nitrogens is 3. The number of carbonyl (C=O) groups is 4. The van der Waals surface area contributed by atoms with Crippen molar-refractivity contribution in [2.45, 2.75) is 44.6 Å². The first-order chi connectivity index (χ1) is 29.3. The standard InChI is InChI=1S/C46H44N8O6/c55-42-12-11-41(44(56)48-42)54-45(57)37-9-5-34(24-38(37)46(54)58)52-25-32(26-52)28-15-19-51(20-16-28)21-22-60-35-6-3-33(4-7-35)53-27-39(43(49-53)29-13-17-47-18-14-29)31-1-8-36-30(23-31)2-10-40(36)50-59/h1,3-9,13-14,17-18,23-24,27-28,32,41,59H,2,10-12,15-16,19-22,25-26H2,(H,48,55,56)/b50-40+. The van der Waals surface area contributed by atoms with Gasteiger partial charge in [0.1, 0.15) is 24.1 Å². The fraction of sp³-hybridized carbons (Fsp3) is 0.326. The lowest BCUT2D eigenvalue weighted by atomic mass is 9.79.